The predicted octanol–water partition coefficient (Wildman–Crippen LogP) is 1.61. The summed E-state index contributed by atoms with van der Waals surface area (Å²) in [5.41, 5.74) is 2.43. The van der Waals surface area contributed by atoms with Gasteiger partial charge < -0.3 is 14.8 Å². The number of rotatable bonds is 11. The zero-order valence-electron chi connectivity index (χ0n) is 12.4. The highest BCUT2D eigenvalue weighted by Crippen LogP contribution is 2.05. The van der Waals surface area contributed by atoms with Crippen molar-refractivity contribution in [3.8, 4) is 0 Å². The topological polar surface area (TPSA) is 48.3 Å². The minimum Gasteiger partial charge on any atom is -0.382 e. The van der Waals surface area contributed by atoms with Gasteiger partial charge in [0.05, 0.1) is 24.6 Å². The molecular formula is C14H27N3O2. The van der Waals surface area contributed by atoms with Crippen LogP contribution in [0.2, 0.25) is 0 Å². The second-order valence-corrected chi connectivity index (χ2v) is 4.43. The average Bonchev–Trinajstić information content (AvgIpc) is 2.84. The molecule has 1 aromatic rings. The Bertz CT molecular complexity index is 339. The van der Waals surface area contributed by atoms with E-state index < -0.39 is 0 Å². The van der Waals surface area contributed by atoms with Gasteiger partial charge in [0, 0.05) is 26.8 Å². The van der Waals surface area contributed by atoms with Gasteiger partial charge in [-0.15, -0.1) is 0 Å². The summed E-state index contributed by atoms with van der Waals surface area (Å²) in [5, 5.41) is 7.97. The van der Waals surface area contributed by atoms with Crippen molar-refractivity contribution in [2.75, 3.05) is 33.5 Å². The van der Waals surface area contributed by atoms with Crippen LogP contribution in [0.1, 0.15) is 31.7 Å². The summed E-state index contributed by atoms with van der Waals surface area (Å²) in [5.74, 6) is 0. The second kappa shape index (κ2) is 9.95. The molecule has 1 N–H and O–H groups in total. The SMILES string of the molecule is CCc1cc(CNCCCOCCOC)n(CC)n1. The van der Waals surface area contributed by atoms with Crippen LogP contribution in [0, 0.1) is 0 Å². The molecule has 0 aliphatic rings. The first-order chi connectivity index (χ1) is 9.31. The van der Waals surface area contributed by atoms with E-state index in [0.29, 0.717) is 13.2 Å². The van der Waals surface area contributed by atoms with Crippen molar-refractivity contribution in [3.63, 3.8) is 0 Å². The minimum absolute atomic E-state index is 0.670. The third-order valence-corrected chi connectivity index (χ3v) is 2.96. The summed E-state index contributed by atoms with van der Waals surface area (Å²) in [6.07, 6.45) is 2.01. The zero-order chi connectivity index (χ0) is 13.9. The highest BCUT2D eigenvalue weighted by molar-refractivity contribution is 5.10. The Morgan fingerprint density at radius 3 is 2.79 bits per heavy atom. The lowest BCUT2D eigenvalue weighted by atomic mass is 10.3. The summed E-state index contributed by atoms with van der Waals surface area (Å²) in [6.45, 7) is 9.15. The highest BCUT2D eigenvalue weighted by Gasteiger charge is 2.04. The van der Waals surface area contributed by atoms with Gasteiger partial charge in [-0.2, -0.15) is 5.10 Å². The number of methoxy groups -OCH3 is 1. The molecule has 5 heteroatoms. The van der Waals surface area contributed by atoms with Crippen LogP contribution >= 0.6 is 0 Å². The van der Waals surface area contributed by atoms with E-state index in [2.05, 4.69) is 35.0 Å². The lowest BCUT2D eigenvalue weighted by molar-refractivity contribution is 0.0694. The van der Waals surface area contributed by atoms with E-state index in [-0.39, 0.29) is 0 Å². The molecule has 1 aromatic heterocycles. The van der Waals surface area contributed by atoms with E-state index >= 15 is 0 Å². The molecule has 19 heavy (non-hydrogen) atoms. The fourth-order valence-corrected chi connectivity index (χ4v) is 1.86. The molecule has 1 rings (SSSR count). The number of hydrogen-bond donors (Lipinski definition) is 1. The molecule has 0 aliphatic heterocycles. The van der Waals surface area contributed by atoms with Gasteiger partial charge in [0.2, 0.25) is 0 Å². The molecule has 110 valence electrons. The molecule has 0 saturated carbocycles. The van der Waals surface area contributed by atoms with E-state index in [0.717, 1.165) is 39.1 Å². The van der Waals surface area contributed by atoms with Crippen molar-refractivity contribution >= 4 is 0 Å². The van der Waals surface area contributed by atoms with Crippen LogP contribution in [0.15, 0.2) is 6.07 Å². The third-order valence-electron chi connectivity index (χ3n) is 2.96. The Kier molecular flexibility index (Phi) is 8.45. The van der Waals surface area contributed by atoms with Crippen molar-refractivity contribution in [2.24, 2.45) is 0 Å². The molecule has 0 fully saturated rings. The molecule has 1 heterocycles. The fourth-order valence-electron chi connectivity index (χ4n) is 1.86. The standard InChI is InChI=1S/C14H27N3O2/c1-4-13-11-14(17(5-2)16-13)12-15-7-6-8-19-10-9-18-3/h11,15H,4-10,12H2,1-3H3. The third kappa shape index (κ3) is 6.18. The van der Waals surface area contributed by atoms with Gasteiger partial charge in [-0.1, -0.05) is 6.92 Å². The first-order valence-corrected chi connectivity index (χ1v) is 7.14. The number of hydrogen-bond acceptors (Lipinski definition) is 4. The van der Waals surface area contributed by atoms with E-state index in [4.69, 9.17) is 9.47 Å². The van der Waals surface area contributed by atoms with Crippen molar-refractivity contribution in [2.45, 2.75) is 39.8 Å². The van der Waals surface area contributed by atoms with Crippen LogP contribution in [0.25, 0.3) is 0 Å². The lowest BCUT2D eigenvalue weighted by Gasteiger charge is -2.07. The first kappa shape index (κ1) is 16.1. The molecule has 0 bridgehead atoms. The van der Waals surface area contributed by atoms with Gasteiger partial charge >= 0.3 is 0 Å². The molecule has 0 aliphatic carbocycles. The summed E-state index contributed by atoms with van der Waals surface area (Å²) in [7, 11) is 1.69. The maximum atomic E-state index is 5.41. The Morgan fingerprint density at radius 1 is 1.26 bits per heavy atom. The van der Waals surface area contributed by atoms with Gasteiger partial charge in [0.15, 0.2) is 0 Å². The van der Waals surface area contributed by atoms with Crippen molar-refractivity contribution in [1.82, 2.24) is 15.1 Å². The van der Waals surface area contributed by atoms with Crippen molar-refractivity contribution in [1.29, 1.82) is 0 Å². The maximum absolute atomic E-state index is 5.41. The quantitative estimate of drug-likeness (QED) is 0.620. The highest BCUT2D eigenvalue weighted by atomic mass is 16.5. The van der Waals surface area contributed by atoms with Crippen LogP contribution in [0.4, 0.5) is 0 Å². The largest absolute Gasteiger partial charge is 0.382 e. The lowest BCUT2D eigenvalue weighted by Crippen LogP contribution is -2.19. The van der Waals surface area contributed by atoms with Crippen molar-refractivity contribution in [3.05, 3.63) is 17.5 Å². The normalized spacial score (nSPS) is 11.1. The first-order valence-electron chi connectivity index (χ1n) is 7.14. The molecule has 0 saturated heterocycles. The molecule has 0 radical (unpaired) electrons. The number of ether oxygens (including phenoxy) is 2. The molecule has 0 amide bonds. The number of nitrogens with zero attached hydrogens (tertiary/aromatic N) is 2. The van der Waals surface area contributed by atoms with Gasteiger partial charge in [0.25, 0.3) is 0 Å². The molecule has 0 spiro atoms. The van der Waals surface area contributed by atoms with Gasteiger partial charge in [-0.25, -0.2) is 0 Å². The van der Waals surface area contributed by atoms with Crippen LogP contribution in [-0.4, -0.2) is 43.3 Å². The fraction of sp³-hybridized carbons (Fsp3) is 0.786. The van der Waals surface area contributed by atoms with E-state index in [1.165, 1.54) is 11.4 Å². The van der Waals surface area contributed by atoms with Gasteiger partial charge in [-0.05, 0) is 32.4 Å². The Balaban J connectivity index is 2.13. The number of aryl methyl sites for hydroxylation is 2. The Labute approximate surface area is 116 Å². The van der Waals surface area contributed by atoms with Gasteiger partial charge in [-0.3, -0.25) is 4.68 Å². The smallest absolute Gasteiger partial charge is 0.0700 e. The summed E-state index contributed by atoms with van der Waals surface area (Å²) in [4.78, 5) is 0. The van der Waals surface area contributed by atoms with E-state index in [9.17, 15) is 0 Å². The Hall–Kier alpha value is -0.910. The summed E-state index contributed by atoms with van der Waals surface area (Å²) < 4.78 is 12.4. The molecular weight excluding hydrogens is 242 g/mol. The Morgan fingerprint density at radius 2 is 2.11 bits per heavy atom. The summed E-state index contributed by atoms with van der Waals surface area (Å²) >= 11 is 0. The molecule has 0 atom stereocenters. The van der Waals surface area contributed by atoms with Crippen LogP contribution < -0.4 is 5.32 Å². The molecule has 5 nitrogen and oxygen atoms in total. The van der Waals surface area contributed by atoms with Crippen LogP contribution in [0.3, 0.4) is 0 Å². The molecule has 0 unspecified atom stereocenters. The van der Waals surface area contributed by atoms with E-state index in [1.54, 1.807) is 7.11 Å². The summed E-state index contributed by atoms with van der Waals surface area (Å²) in [6, 6.07) is 2.19. The van der Waals surface area contributed by atoms with E-state index in [1.807, 2.05) is 0 Å². The van der Waals surface area contributed by atoms with Crippen LogP contribution in [-0.2, 0) is 29.0 Å². The second-order valence-electron chi connectivity index (χ2n) is 4.43. The minimum atomic E-state index is 0.670. The van der Waals surface area contributed by atoms with Crippen LogP contribution in [0.5, 0.6) is 0 Å². The number of aromatic nitrogens is 2. The predicted molar refractivity (Wildman–Crippen MR) is 76.3 cm³/mol. The maximum Gasteiger partial charge on any atom is 0.0700 e. The molecule has 0 aromatic carbocycles. The monoisotopic (exact) mass is 269 g/mol. The zero-order valence-corrected chi connectivity index (χ0v) is 12.4. The van der Waals surface area contributed by atoms with Gasteiger partial charge in [0.1, 0.15) is 0 Å². The van der Waals surface area contributed by atoms with Crippen molar-refractivity contribution < 1.29 is 9.47 Å². The average molecular weight is 269 g/mol. The number of nitrogens with one attached hydrogen (secondary N) is 1.